The fourth-order valence-corrected chi connectivity index (χ4v) is 3.09. The van der Waals surface area contributed by atoms with Crippen molar-refractivity contribution in [2.45, 2.75) is 32.7 Å². The van der Waals surface area contributed by atoms with Crippen LogP contribution < -0.4 is 16.0 Å². The van der Waals surface area contributed by atoms with E-state index in [1.807, 2.05) is 44.2 Å². The third kappa shape index (κ3) is 4.68. The van der Waals surface area contributed by atoms with E-state index in [1.54, 1.807) is 6.92 Å². The molecular formula is C23H24FN3O3. The zero-order valence-corrected chi connectivity index (χ0v) is 17.1. The van der Waals surface area contributed by atoms with Gasteiger partial charge < -0.3 is 20.4 Å². The molecule has 3 amide bonds. The molecule has 0 spiro atoms. The average molecular weight is 409 g/mol. The first kappa shape index (κ1) is 21.1. The molecule has 0 saturated heterocycles. The molecule has 0 bridgehead atoms. The Morgan fingerprint density at radius 1 is 1.07 bits per heavy atom. The van der Waals surface area contributed by atoms with Crippen LogP contribution >= 0.6 is 0 Å². The normalized spacial score (nSPS) is 12.7. The summed E-state index contributed by atoms with van der Waals surface area (Å²) in [6.07, 6.45) is 2.07. The fraction of sp³-hybridized carbons (Fsp3) is 0.217. The van der Waals surface area contributed by atoms with Gasteiger partial charge in [-0.25, -0.2) is 9.18 Å². The van der Waals surface area contributed by atoms with Crippen molar-refractivity contribution in [3.63, 3.8) is 0 Å². The summed E-state index contributed by atoms with van der Waals surface area (Å²) in [5, 5.41) is 8.18. The van der Waals surface area contributed by atoms with Gasteiger partial charge in [0, 0.05) is 5.69 Å². The molecule has 0 aliphatic heterocycles. The summed E-state index contributed by atoms with van der Waals surface area (Å²) in [6.45, 7) is 5.56. The van der Waals surface area contributed by atoms with E-state index in [1.165, 1.54) is 30.5 Å². The molecule has 1 heterocycles. The number of nitrogens with one attached hydrogen (secondary N) is 3. The smallest absolute Gasteiger partial charge is 0.319 e. The quantitative estimate of drug-likeness (QED) is 0.508. The Morgan fingerprint density at radius 3 is 2.43 bits per heavy atom. The molecule has 3 rings (SSSR count). The molecule has 3 aromatic rings. The number of anilines is 2. The number of halogens is 1. The van der Waals surface area contributed by atoms with Crippen molar-refractivity contribution in [2.75, 3.05) is 10.6 Å². The molecule has 0 aliphatic carbocycles. The minimum absolute atomic E-state index is 0.0419. The predicted octanol–water partition coefficient (Wildman–Crippen LogP) is 5.43. The number of rotatable bonds is 6. The standard InChI is InChI=1S/C23H24FN3O3/c1-4-23(3,16-8-6-5-7-9-16)27-22(29)25-17-10-11-19(24)20(14-17)26-21(28)18-12-13-30-15(18)2/h5-14H,4H2,1-3H3,(H,26,28)(H2,25,27,29). The third-order valence-electron chi connectivity index (χ3n) is 5.08. The SMILES string of the molecule is CCC(C)(NC(=O)Nc1ccc(F)c(NC(=O)c2ccoc2C)c1)c1ccccc1. The van der Waals surface area contributed by atoms with Gasteiger partial charge in [-0.05, 0) is 50.1 Å². The molecular weight excluding hydrogens is 385 g/mol. The summed E-state index contributed by atoms with van der Waals surface area (Å²) >= 11 is 0. The maximum absolute atomic E-state index is 14.2. The zero-order valence-electron chi connectivity index (χ0n) is 17.1. The molecule has 30 heavy (non-hydrogen) atoms. The number of furan rings is 1. The van der Waals surface area contributed by atoms with Gasteiger partial charge >= 0.3 is 6.03 Å². The lowest BCUT2D eigenvalue weighted by Crippen LogP contribution is -2.45. The second-order valence-electron chi connectivity index (χ2n) is 7.17. The molecule has 2 aromatic carbocycles. The molecule has 0 fully saturated rings. The molecule has 0 aliphatic rings. The number of carbonyl (C=O) groups excluding carboxylic acids is 2. The maximum Gasteiger partial charge on any atom is 0.319 e. The van der Waals surface area contributed by atoms with E-state index in [0.29, 0.717) is 23.4 Å². The van der Waals surface area contributed by atoms with Crippen molar-refractivity contribution in [1.82, 2.24) is 5.32 Å². The highest BCUT2D eigenvalue weighted by atomic mass is 19.1. The van der Waals surface area contributed by atoms with Crippen LogP contribution in [0.2, 0.25) is 0 Å². The summed E-state index contributed by atoms with van der Waals surface area (Å²) in [7, 11) is 0. The van der Waals surface area contributed by atoms with E-state index in [0.717, 1.165) is 5.56 Å². The summed E-state index contributed by atoms with van der Waals surface area (Å²) in [4.78, 5) is 24.9. The van der Waals surface area contributed by atoms with Crippen LogP contribution in [0.1, 0.15) is 41.9 Å². The second kappa shape index (κ2) is 8.82. The molecule has 1 atom stereocenters. The summed E-state index contributed by atoms with van der Waals surface area (Å²) in [6, 6.07) is 14.7. The highest BCUT2D eigenvalue weighted by molar-refractivity contribution is 6.05. The minimum atomic E-state index is -0.613. The van der Waals surface area contributed by atoms with Crippen LogP contribution in [-0.4, -0.2) is 11.9 Å². The van der Waals surface area contributed by atoms with E-state index >= 15 is 0 Å². The van der Waals surface area contributed by atoms with Gasteiger partial charge in [-0.1, -0.05) is 37.3 Å². The van der Waals surface area contributed by atoms with Gasteiger partial charge in [0.25, 0.3) is 5.91 Å². The van der Waals surface area contributed by atoms with Crippen LogP contribution in [0.25, 0.3) is 0 Å². The van der Waals surface area contributed by atoms with Crippen molar-refractivity contribution < 1.29 is 18.4 Å². The Kier molecular flexibility index (Phi) is 6.20. The predicted molar refractivity (Wildman–Crippen MR) is 114 cm³/mol. The van der Waals surface area contributed by atoms with Crippen LogP contribution in [0.5, 0.6) is 0 Å². The molecule has 6 nitrogen and oxygen atoms in total. The summed E-state index contributed by atoms with van der Waals surface area (Å²) in [5.41, 5.74) is 1.03. The Bertz CT molecular complexity index is 1050. The van der Waals surface area contributed by atoms with Crippen molar-refractivity contribution in [3.05, 3.63) is 83.6 Å². The molecule has 156 valence electrons. The second-order valence-corrected chi connectivity index (χ2v) is 7.17. The van der Waals surface area contributed by atoms with Crippen molar-refractivity contribution >= 4 is 23.3 Å². The lowest BCUT2D eigenvalue weighted by atomic mass is 9.89. The van der Waals surface area contributed by atoms with E-state index in [2.05, 4.69) is 16.0 Å². The molecule has 3 N–H and O–H groups in total. The zero-order chi connectivity index (χ0) is 21.7. The number of hydrogen-bond acceptors (Lipinski definition) is 3. The van der Waals surface area contributed by atoms with Crippen LogP contribution in [0.3, 0.4) is 0 Å². The lowest BCUT2D eigenvalue weighted by Gasteiger charge is -2.30. The number of hydrogen-bond donors (Lipinski definition) is 3. The van der Waals surface area contributed by atoms with Gasteiger partial charge in [-0.2, -0.15) is 0 Å². The highest BCUT2D eigenvalue weighted by Crippen LogP contribution is 2.25. The van der Waals surface area contributed by atoms with Crippen molar-refractivity contribution in [1.29, 1.82) is 0 Å². The van der Waals surface area contributed by atoms with Crippen LogP contribution in [0.4, 0.5) is 20.6 Å². The van der Waals surface area contributed by atoms with E-state index in [-0.39, 0.29) is 5.69 Å². The Hall–Kier alpha value is -3.61. The number of benzene rings is 2. The molecule has 1 unspecified atom stereocenters. The van der Waals surface area contributed by atoms with Gasteiger partial charge in [-0.3, -0.25) is 4.79 Å². The van der Waals surface area contributed by atoms with E-state index < -0.39 is 23.3 Å². The van der Waals surface area contributed by atoms with Crippen LogP contribution in [-0.2, 0) is 5.54 Å². The first-order valence-corrected chi connectivity index (χ1v) is 9.62. The first-order valence-electron chi connectivity index (χ1n) is 9.62. The lowest BCUT2D eigenvalue weighted by molar-refractivity contribution is 0.102. The van der Waals surface area contributed by atoms with E-state index in [4.69, 9.17) is 4.42 Å². The van der Waals surface area contributed by atoms with Gasteiger partial charge in [0.15, 0.2) is 0 Å². The third-order valence-corrected chi connectivity index (χ3v) is 5.08. The number of carbonyl (C=O) groups is 2. The van der Waals surface area contributed by atoms with Gasteiger partial charge in [0.05, 0.1) is 23.1 Å². The maximum atomic E-state index is 14.2. The van der Waals surface area contributed by atoms with Gasteiger partial charge in [-0.15, -0.1) is 0 Å². The number of urea groups is 1. The molecule has 1 aromatic heterocycles. The summed E-state index contributed by atoms with van der Waals surface area (Å²) in [5.74, 6) is -0.677. The summed E-state index contributed by atoms with van der Waals surface area (Å²) < 4.78 is 19.3. The Labute approximate surface area is 174 Å². The topological polar surface area (TPSA) is 83.4 Å². The average Bonchev–Trinajstić information content (AvgIpc) is 3.17. The Morgan fingerprint density at radius 2 is 1.80 bits per heavy atom. The molecule has 0 saturated carbocycles. The van der Waals surface area contributed by atoms with Crippen molar-refractivity contribution in [2.24, 2.45) is 0 Å². The molecule has 7 heteroatoms. The van der Waals surface area contributed by atoms with Gasteiger partial charge in [0.2, 0.25) is 0 Å². The largest absolute Gasteiger partial charge is 0.469 e. The number of amides is 3. The minimum Gasteiger partial charge on any atom is -0.469 e. The number of aryl methyl sites for hydroxylation is 1. The van der Waals surface area contributed by atoms with Crippen LogP contribution in [0.15, 0.2) is 65.3 Å². The molecule has 0 radical (unpaired) electrons. The highest BCUT2D eigenvalue weighted by Gasteiger charge is 2.26. The fourth-order valence-electron chi connectivity index (χ4n) is 3.09. The van der Waals surface area contributed by atoms with Crippen LogP contribution in [0, 0.1) is 12.7 Å². The first-order chi connectivity index (χ1) is 14.3. The van der Waals surface area contributed by atoms with E-state index in [9.17, 15) is 14.0 Å². The van der Waals surface area contributed by atoms with Crippen molar-refractivity contribution in [3.8, 4) is 0 Å². The van der Waals surface area contributed by atoms with Gasteiger partial charge in [0.1, 0.15) is 11.6 Å². The Balaban J connectivity index is 1.72. The monoisotopic (exact) mass is 409 g/mol.